The molecule has 146 valence electrons. The van der Waals surface area contributed by atoms with Crippen LogP contribution in [0.2, 0.25) is 15.1 Å². The van der Waals surface area contributed by atoms with Crippen LogP contribution in [-0.4, -0.2) is 25.6 Å². The van der Waals surface area contributed by atoms with Gasteiger partial charge in [0, 0.05) is 29.5 Å². The Kier molecular flexibility index (Phi) is 7.66. The molecule has 0 aromatic heterocycles. The van der Waals surface area contributed by atoms with Crippen LogP contribution in [0.1, 0.15) is 25.0 Å². The van der Waals surface area contributed by atoms with Gasteiger partial charge in [-0.05, 0) is 63.1 Å². The quantitative estimate of drug-likeness (QED) is 0.576. The zero-order valence-electron chi connectivity index (χ0n) is 15.8. The van der Waals surface area contributed by atoms with Crippen LogP contribution >= 0.6 is 34.8 Å². The van der Waals surface area contributed by atoms with E-state index in [-0.39, 0.29) is 18.3 Å². The van der Waals surface area contributed by atoms with Crippen molar-refractivity contribution >= 4 is 52.1 Å². The standard InChI is InChI=1S/C20H23Cl3N2O2/c1-5-25(6-2)15-9-7-14(8-10-15)24-16(26)11-27-20-18(22)12(3)17(21)13(4)19(20)23/h7-10H,5-6,11H2,1-4H3,(H,24,26). The highest BCUT2D eigenvalue weighted by molar-refractivity contribution is 6.42. The number of halogens is 3. The summed E-state index contributed by atoms with van der Waals surface area (Å²) in [6.45, 7) is 9.41. The van der Waals surface area contributed by atoms with E-state index in [2.05, 4.69) is 24.1 Å². The van der Waals surface area contributed by atoms with Crippen LogP contribution in [0.3, 0.4) is 0 Å². The van der Waals surface area contributed by atoms with E-state index in [9.17, 15) is 4.79 Å². The third kappa shape index (κ3) is 5.01. The Morgan fingerprint density at radius 1 is 0.963 bits per heavy atom. The summed E-state index contributed by atoms with van der Waals surface area (Å²) in [5, 5.41) is 3.92. The Balaban J connectivity index is 2.03. The molecule has 0 saturated heterocycles. The second kappa shape index (κ2) is 9.54. The van der Waals surface area contributed by atoms with E-state index < -0.39 is 0 Å². The first-order chi connectivity index (χ1) is 12.8. The molecule has 27 heavy (non-hydrogen) atoms. The van der Waals surface area contributed by atoms with Gasteiger partial charge >= 0.3 is 0 Å². The zero-order chi connectivity index (χ0) is 20.1. The maximum atomic E-state index is 12.2. The van der Waals surface area contributed by atoms with Crippen LogP contribution in [-0.2, 0) is 4.79 Å². The smallest absolute Gasteiger partial charge is 0.262 e. The van der Waals surface area contributed by atoms with Gasteiger partial charge in [-0.3, -0.25) is 4.79 Å². The number of ether oxygens (including phenoxy) is 1. The lowest BCUT2D eigenvalue weighted by Gasteiger charge is -2.21. The first-order valence-electron chi connectivity index (χ1n) is 8.71. The van der Waals surface area contributed by atoms with Gasteiger partial charge in [-0.1, -0.05) is 34.8 Å². The molecule has 0 aliphatic rings. The van der Waals surface area contributed by atoms with Crippen LogP contribution in [0.4, 0.5) is 11.4 Å². The van der Waals surface area contributed by atoms with Crippen molar-refractivity contribution in [1.82, 2.24) is 0 Å². The van der Waals surface area contributed by atoms with Crippen LogP contribution in [0.5, 0.6) is 5.75 Å². The molecule has 1 amide bonds. The molecule has 0 aliphatic heterocycles. The Labute approximate surface area is 175 Å². The van der Waals surface area contributed by atoms with Crippen LogP contribution in [0.15, 0.2) is 24.3 Å². The Morgan fingerprint density at radius 3 is 1.96 bits per heavy atom. The number of hydrogen-bond acceptors (Lipinski definition) is 3. The van der Waals surface area contributed by atoms with Gasteiger partial charge in [0.25, 0.3) is 5.91 Å². The molecule has 0 bridgehead atoms. The Morgan fingerprint density at radius 2 is 1.48 bits per heavy atom. The molecule has 0 unspecified atom stereocenters. The molecule has 7 heteroatoms. The number of rotatable bonds is 7. The normalized spacial score (nSPS) is 10.6. The fourth-order valence-electron chi connectivity index (χ4n) is 2.72. The van der Waals surface area contributed by atoms with Gasteiger partial charge in [-0.25, -0.2) is 0 Å². The molecule has 0 fully saturated rings. The molecule has 1 N–H and O–H groups in total. The number of carbonyl (C=O) groups is 1. The number of carbonyl (C=O) groups excluding carboxylic acids is 1. The fourth-order valence-corrected chi connectivity index (χ4v) is 3.54. The van der Waals surface area contributed by atoms with E-state index in [4.69, 9.17) is 39.5 Å². The number of anilines is 2. The lowest BCUT2D eigenvalue weighted by atomic mass is 10.1. The van der Waals surface area contributed by atoms with Gasteiger partial charge < -0.3 is 15.0 Å². The number of nitrogens with one attached hydrogen (secondary N) is 1. The highest BCUT2D eigenvalue weighted by atomic mass is 35.5. The molecule has 2 aromatic rings. The van der Waals surface area contributed by atoms with Crippen molar-refractivity contribution < 1.29 is 9.53 Å². The van der Waals surface area contributed by atoms with Crippen molar-refractivity contribution in [3.63, 3.8) is 0 Å². The van der Waals surface area contributed by atoms with Gasteiger partial charge in [0.15, 0.2) is 12.4 Å². The van der Waals surface area contributed by atoms with Crippen molar-refractivity contribution in [2.45, 2.75) is 27.7 Å². The lowest BCUT2D eigenvalue weighted by Crippen LogP contribution is -2.22. The summed E-state index contributed by atoms with van der Waals surface area (Å²) < 4.78 is 5.57. The van der Waals surface area contributed by atoms with Gasteiger partial charge in [-0.2, -0.15) is 0 Å². The topological polar surface area (TPSA) is 41.6 Å². The van der Waals surface area contributed by atoms with E-state index in [1.807, 2.05) is 24.3 Å². The number of amides is 1. The minimum Gasteiger partial charge on any atom is -0.481 e. The summed E-state index contributed by atoms with van der Waals surface area (Å²) in [6, 6.07) is 7.68. The molecule has 0 radical (unpaired) electrons. The molecule has 2 aromatic carbocycles. The minimum atomic E-state index is -0.303. The van der Waals surface area contributed by atoms with Crippen LogP contribution in [0.25, 0.3) is 0 Å². The molecule has 0 atom stereocenters. The number of nitrogens with zero attached hydrogens (tertiary/aromatic N) is 1. The van der Waals surface area contributed by atoms with E-state index in [0.29, 0.717) is 31.9 Å². The SMILES string of the molecule is CCN(CC)c1ccc(NC(=O)COc2c(Cl)c(C)c(Cl)c(C)c2Cl)cc1. The lowest BCUT2D eigenvalue weighted by molar-refractivity contribution is -0.118. The molecule has 0 saturated carbocycles. The second-order valence-electron chi connectivity index (χ2n) is 6.08. The molecular weight excluding hydrogens is 407 g/mol. The van der Waals surface area contributed by atoms with Gasteiger partial charge in [0.05, 0.1) is 10.0 Å². The molecule has 0 aliphatic carbocycles. The third-order valence-electron chi connectivity index (χ3n) is 4.34. The first kappa shape index (κ1) is 21.7. The molecule has 0 spiro atoms. The average molecular weight is 430 g/mol. The molecule has 0 heterocycles. The minimum absolute atomic E-state index is 0.211. The largest absolute Gasteiger partial charge is 0.481 e. The Hall–Kier alpha value is -1.62. The van der Waals surface area contributed by atoms with E-state index >= 15 is 0 Å². The maximum Gasteiger partial charge on any atom is 0.262 e. The summed E-state index contributed by atoms with van der Waals surface area (Å²) in [7, 11) is 0. The van der Waals surface area contributed by atoms with Gasteiger partial charge in [0.1, 0.15) is 0 Å². The zero-order valence-corrected chi connectivity index (χ0v) is 18.1. The van der Waals surface area contributed by atoms with Gasteiger partial charge in [0.2, 0.25) is 0 Å². The summed E-state index contributed by atoms with van der Waals surface area (Å²) in [4.78, 5) is 14.4. The highest BCUT2D eigenvalue weighted by Crippen LogP contribution is 2.42. The van der Waals surface area contributed by atoms with E-state index in [0.717, 1.165) is 18.8 Å². The van der Waals surface area contributed by atoms with Crippen molar-refractivity contribution in [3.05, 3.63) is 50.5 Å². The van der Waals surface area contributed by atoms with Crippen molar-refractivity contribution in [1.29, 1.82) is 0 Å². The van der Waals surface area contributed by atoms with Crippen molar-refractivity contribution in [2.75, 3.05) is 29.9 Å². The summed E-state index contributed by atoms with van der Waals surface area (Å²) in [5.74, 6) is -0.0345. The van der Waals surface area contributed by atoms with E-state index in [1.54, 1.807) is 13.8 Å². The third-order valence-corrected chi connectivity index (χ3v) is 5.82. The van der Waals surface area contributed by atoms with Crippen molar-refractivity contribution in [3.8, 4) is 5.75 Å². The summed E-state index contributed by atoms with van der Waals surface area (Å²) >= 11 is 18.7. The fraction of sp³-hybridized carbons (Fsp3) is 0.350. The van der Waals surface area contributed by atoms with Crippen molar-refractivity contribution in [2.24, 2.45) is 0 Å². The summed E-state index contributed by atoms with van der Waals surface area (Å²) in [6.07, 6.45) is 0. The summed E-state index contributed by atoms with van der Waals surface area (Å²) in [5.41, 5.74) is 3.14. The first-order valence-corrected chi connectivity index (χ1v) is 9.84. The molecular formula is C20H23Cl3N2O2. The number of hydrogen-bond donors (Lipinski definition) is 1. The second-order valence-corrected chi connectivity index (χ2v) is 7.21. The Bertz CT molecular complexity index is 790. The maximum absolute atomic E-state index is 12.2. The predicted octanol–water partition coefficient (Wildman–Crippen LogP) is 6.13. The predicted molar refractivity (Wildman–Crippen MR) is 115 cm³/mol. The number of benzene rings is 2. The average Bonchev–Trinajstić information content (AvgIpc) is 2.67. The molecule has 2 rings (SSSR count). The molecule has 4 nitrogen and oxygen atoms in total. The van der Waals surface area contributed by atoms with Gasteiger partial charge in [-0.15, -0.1) is 0 Å². The van der Waals surface area contributed by atoms with E-state index in [1.165, 1.54) is 0 Å². The monoisotopic (exact) mass is 428 g/mol. The van der Waals surface area contributed by atoms with Crippen LogP contribution in [0, 0.1) is 13.8 Å². The van der Waals surface area contributed by atoms with Crippen LogP contribution < -0.4 is 15.0 Å². The highest BCUT2D eigenvalue weighted by Gasteiger charge is 2.18.